The lowest BCUT2D eigenvalue weighted by atomic mass is 9.74. The number of fused-ring (bicyclic) bond motifs is 1. The minimum Gasteiger partial charge on any atom is -0.505 e. The van der Waals surface area contributed by atoms with E-state index >= 15 is 8.78 Å². The largest absolute Gasteiger partial charge is 0.505 e. The van der Waals surface area contributed by atoms with Crippen LogP contribution in [0.3, 0.4) is 0 Å². The molecule has 0 radical (unpaired) electrons. The van der Waals surface area contributed by atoms with Gasteiger partial charge in [0.2, 0.25) is 0 Å². The number of phenolic OH excluding ortho intramolecular Hbond substituents is 1. The first-order valence-corrected chi connectivity index (χ1v) is 14.3. The third-order valence-corrected chi connectivity index (χ3v) is 14.3. The van der Waals surface area contributed by atoms with E-state index < -0.39 is 43.8 Å². The van der Waals surface area contributed by atoms with Gasteiger partial charge >= 0.3 is 7.12 Å². The molecule has 3 rings (SSSR count). The summed E-state index contributed by atoms with van der Waals surface area (Å²) in [4.78, 5) is 0. The molecule has 0 amide bonds. The van der Waals surface area contributed by atoms with Crippen molar-refractivity contribution in [3.8, 4) is 17.2 Å². The number of hydrogen-bond donors (Lipinski definition) is 1. The molecule has 1 heterocycles. The van der Waals surface area contributed by atoms with Gasteiger partial charge in [-0.1, -0.05) is 47.5 Å². The normalized spacial score (nSPS) is 17.7. The molecule has 0 saturated carbocycles. The molecule has 1 aliphatic heterocycles. The van der Waals surface area contributed by atoms with Crippen LogP contribution in [0.15, 0.2) is 18.2 Å². The average molecular weight is 486 g/mol. The summed E-state index contributed by atoms with van der Waals surface area (Å²) in [6.45, 7) is 20.8. The van der Waals surface area contributed by atoms with E-state index in [1.54, 1.807) is 0 Å². The zero-order chi connectivity index (χ0) is 25.8. The Labute approximate surface area is 204 Å². The third-order valence-electron chi connectivity index (χ3n) is 7.97. The molecule has 0 aliphatic carbocycles. The Morgan fingerprint density at radius 1 is 0.912 bits per heavy atom. The van der Waals surface area contributed by atoms with Gasteiger partial charge in [0.15, 0.2) is 11.6 Å². The highest BCUT2D eigenvalue weighted by molar-refractivity contribution is 6.90. The van der Waals surface area contributed by atoms with E-state index in [1.807, 2.05) is 27.7 Å². The Morgan fingerprint density at radius 2 is 1.41 bits per heavy atom. The van der Waals surface area contributed by atoms with Crippen LogP contribution in [0.4, 0.5) is 8.78 Å². The lowest BCUT2D eigenvalue weighted by molar-refractivity contribution is 0.00578. The lowest BCUT2D eigenvalue weighted by Crippen LogP contribution is -2.43. The molecule has 1 saturated heterocycles. The molecule has 1 aliphatic rings. The molecule has 34 heavy (non-hydrogen) atoms. The molecule has 1 N–H and O–H groups in total. The van der Waals surface area contributed by atoms with Crippen LogP contribution in [-0.4, -0.2) is 31.5 Å². The second-order valence-corrected chi connectivity index (χ2v) is 17.0. The van der Waals surface area contributed by atoms with Crippen LogP contribution in [0.5, 0.6) is 5.75 Å². The smallest absolute Gasteiger partial charge is 0.495 e. The van der Waals surface area contributed by atoms with E-state index in [-0.39, 0.29) is 10.9 Å². The molecule has 0 unspecified atom stereocenters. The Kier molecular flexibility index (Phi) is 7.05. The highest BCUT2D eigenvalue weighted by Gasteiger charge is 2.52. The number of phenols is 1. The average Bonchev–Trinajstić information content (AvgIpc) is 2.92. The zero-order valence-corrected chi connectivity index (χ0v) is 23.1. The van der Waals surface area contributed by atoms with Crippen molar-refractivity contribution in [1.29, 1.82) is 0 Å². The SMILES string of the molecule is CC(C)[Si](C#Cc1c(F)ccc2c(F)c(O)cc(B3OC(C)(C)C(C)(C)O3)c12)(C(C)C)C(C)C. The van der Waals surface area contributed by atoms with E-state index in [0.29, 0.717) is 27.5 Å². The first-order valence-electron chi connectivity index (χ1n) is 12.1. The van der Waals surface area contributed by atoms with Crippen LogP contribution in [0, 0.1) is 23.1 Å². The quantitative estimate of drug-likeness (QED) is 0.387. The molecule has 0 atom stereocenters. The molecule has 184 valence electrons. The maximum absolute atomic E-state index is 15.3. The van der Waals surface area contributed by atoms with Gasteiger partial charge in [0, 0.05) is 10.8 Å². The van der Waals surface area contributed by atoms with Gasteiger partial charge in [0.1, 0.15) is 13.9 Å². The lowest BCUT2D eigenvalue weighted by Gasteiger charge is -2.38. The molecule has 1 fully saturated rings. The maximum Gasteiger partial charge on any atom is 0.495 e. The predicted octanol–water partition coefficient (Wildman–Crippen LogP) is 6.69. The maximum atomic E-state index is 15.3. The van der Waals surface area contributed by atoms with E-state index in [0.717, 1.165) is 0 Å². The van der Waals surface area contributed by atoms with Crippen molar-refractivity contribution in [2.45, 2.75) is 97.1 Å². The fourth-order valence-electron chi connectivity index (χ4n) is 5.36. The number of rotatable bonds is 4. The first-order chi connectivity index (χ1) is 15.6. The van der Waals surface area contributed by atoms with E-state index in [9.17, 15) is 5.11 Å². The van der Waals surface area contributed by atoms with Crippen molar-refractivity contribution < 1.29 is 23.2 Å². The third kappa shape index (κ3) is 4.19. The number of aromatic hydroxyl groups is 1. The number of halogens is 2. The monoisotopic (exact) mass is 486 g/mol. The van der Waals surface area contributed by atoms with Gasteiger partial charge in [-0.25, -0.2) is 8.78 Å². The summed E-state index contributed by atoms with van der Waals surface area (Å²) in [6.07, 6.45) is 0. The van der Waals surface area contributed by atoms with Gasteiger partial charge in [-0.15, -0.1) is 5.54 Å². The molecular formula is C27H37BF2O3Si. The summed E-state index contributed by atoms with van der Waals surface area (Å²) in [5.74, 6) is 1.31. The number of benzene rings is 2. The highest BCUT2D eigenvalue weighted by atomic mass is 28.3. The van der Waals surface area contributed by atoms with Gasteiger partial charge in [0.25, 0.3) is 0 Å². The van der Waals surface area contributed by atoms with Crippen molar-refractivity contribution in [3.05, 3.63) is 35.4 Å². The first kappa shape index (κ1) is 26.7. The summed E-state index contributed by atoms with van der Waals surface area (Å²) in [5, 5.41) is 10.7. The molecule has 0 bridgehead atoms. The van der Waals surface area contributed by atoms with Crippen molar-refractivity contribution in [2.75, 3.05) is 0 Å². The predicted molar refractivity (Wildman–Crippen MR) is 139 cm³/mol. The van der Waals surface area contributed by atoms with Gasteiger partial charge in [-0.2, -0.15) is 0 Å². The van der Waals surface area contributed by atoms with Crippen LogP contribution in [-0.2, 0) is 9.31 Å². The van der Waals surface area contributed by atoms with E-state index in [1.165, 1.54) is 18.2 Å². The minimum absolute atomic E-state index is 0.0984. The number of hydrogen-bond acceptors (Lipinski definition) is 3. The Morgan fingerprint density at radius 3 is 1.88 bits per heavy atom. The second kappa shape index (κ2) is 8.97. The fourth-order valence-corrected chi connectivity index (χ4v) is 10.6. The van der Waals surface area contributed by atoms with Crippen LogP contribution >= 0.6 is 0 Å². The zero-order valence-electron chi connectivity index (χ0n) is 22.1. The highest BCUT2D eigenvalue weighted by Crippen LogP contribution is 2.41. The van der Waals surface area contributed by atoms with Crippen LogP contribution in [0.25, 0.3) is 10.8 Å². The van der Waals surface area contributed by atoms with Gasteiger partial charge in [0.05, 0.1) is 16.8 Å². The summed E-state index contributed by atoms with van der Waals surface area (Å²) < 4.78 is 42.8. The van der Waals surface area contributed by atoms with Crippen molar-refractivity contribution in [1.82, 2.24) is 0 Å². The van der Waals surface area contributed by atoms with Gasteiger partial charge < -0.3 is 14.4 Å². The molecule has 7 heteroatoms. The standard InChI is InChI=1S/C27H37BF2O3Si/c1-16(2)34(17(3)4,18(5)6)14-13-19-22(29)12-11-20-24(19)21(15-23(31)25(20)30)28-32-26(7,8)27(9,10)33-28/h11-12,15-18,31H,1-10H3. The van der Waals surface area contributed by atoms with E-state index in [2.05, 4.69) is 53.0 Å². The van der Waals surface area contributed by atoms with Gasteiger partial charge in [-0.3, -0.25) is 0 Å². The van der Waals surface area contributed by atoms with Crippen molar-refractivity contribution in [3.63, 3.8) is 0 Å². The second-order valence-electron chi connectivity index (χ2n) is 11.4. The Hall–Kier alpha value is -1.88. The summed E-state index contributed by atoms with van der Waals surface area (Å²) >= 11 is 0. The minimum atomic E-state index is -2.17. The van der Waals surface area contributed by atoms with Crippen LogP contribution in [0.1, 0.15) is 74.8 Å². The van der Waals surface area contributed by atoms with E-state index in [4.69, 9.17) is 9.31 Å². The van der Waals surface area contributed by atoms with Crippen molar-refractivity contribution in [2.24, 2.45) is 0 Å². The molecule has 2 aromatic carbocycles. The Bertz CT molecular complexity index is 1120. The topological polar surface area (TPSA) is 38.7 Å². The van der Waals surface area contributed by atoms with Crippen molar-refractivity contribution >= 4 is 31.4 Å². The Balaban J connectivity index is 2.35. The molecule has 0 aromatic heterocycles. The molecule has 0 spiro atoms. The molecular weight excluding hydrogens is 449 g/mol. The summed E-state index contributed by atoms with van der Waals surface area (Å²) in [7, 11) is -3.07. The van der Waals surface area contributed by atoms with Gasteiger partial charge in [-0.05, 0) is 68.0 Å². The van der Waals surface area contributed by atoms with Crippen LogP contribution < -0.4 is 5.46 Å². The van der Waals surface area contributed by atoms with Crippen LogP contribution in [0.2, 0.25) is 16.6 Å². The summed E-state index contributed by atoms with van der Waals surface area (Å²) in [5.41, 5.74) is 3.84. The summed E-state index contributed by atoms with van der Waals surface area (Å²) in [6, 6.07) is 3.84. The molecule has 2 aromatic rings. The fraction of sp³-hybridized carbons (Fsp3) is 0.556. The molecule has 3 nitrogen and oxygen atoms in total.